The van der Waals surface area contributed by atoms with E-state index in [9.17, 15) is 14.4 Å². The summed E-state index contributed by atoms with van der Waals surface area (Å²) in [4.78, 5) is 44.2. The topological polar surface area (TPSA) is 110 Å². The molecule has 1 aromatic carbocycles. The van der Waals surface area contributed by atoms with Crippen molar-refractivity contribution >= 4 is 40.0 Å². The summed E-state index contributed by atoms with van der Waals surface area (Å²) >= 11 is 1.53. The van der Waals surface area contributed by atoms with Gasteiger partial charge in [0.15, 0.2) is 0 Å². The Hall–Kier alpha value is -3.24. The van der Waals surface area contributed by atoms with Gasteiger partial charge in [-0.3, -0.25) is 19.5 Å². The van der Waals surface area contributed by atoms with Crippen molar-refractivity contribution in [3.8, 4) is 0 Å². The summed E-state index contributed by atoms with van der Waals surface area (Å²) in [5, 5.41) is 13.6. The van der Waals surface area contributed by atoms with E-state index in [1.807, 2.05) is 6.07 Å². The Morgan fingerprint density at radius 1 is 1.14 bits per heavy atom. The number of thiophene rings is 1. The molecule has 9 nitrogen and oxygen atoms in total. The molecule has 184 valence electrons. The summed E-state index contributed by atoms with van der Waals surface area (Å²) in [5.41, 5.74) is 2.37. The van der Waals surface area contributed by atoms with Gasteiger partial charge in [0.25, 0.3) is 11.8 Å². The third-order valence-electron chi connectivity index (χ3n) is 6.92. The van der Waals surface area contributed by atoms with Gasteiger partial charge in [-0.25, -0.2) is 0 Å². The van der Waals surface area contributed by atoms with E-state index in [0.717, 1.165) is 60.2 Å². The molecule has 0 radical (unpaired) electrons. The first kappa shape index (κ1) is 23.5. The highest BCUT2D eigenvalue weighted by Crippen LogP contribution is 2.28. The number of nitrogens with zero attached hydrogens (tertiary/aromatic N) is 3. The molecule has 1 saturated heterocycles. The van der Waals surface area contributed by atoms with Crippen molar-refractivity contribution < 1.29 is 14.4 Å². The fourth-order valence-corrected chi connectivity index (χ4v) is 5.83. The number of H-pyrrole nitrogens is 1. The predicted molar refractivity (Wildman–Crippen MR) is 134 cm³/mol. The highest BCUT2D eigenvalue weighted by atomic mass is 32.1. The summed E-state index contributed by atoms with van der Waals surface area (Å²) < 4.78 is 0. The lowest BCUT2D eigenvalue weighted by atomic mass is 10.0. The van der Waals surface area contributed by atoms with Gasteiger partial charge in [-0.1, -0.05) is 6.92 Å². The fraction of sp³-hybridized carbons (Fsp3) is 0.440. The maximum Gasteiger partial charge on any atom is 0.261 e. The van der Waals surface area contributed by atoms with Crippen molar-refractivity contribution in [2.45, 2.75) is 38.8 Å². The number of rotatable bonds is 6. The van der Waals surface area contributed by atoms with Gasteiger partial charge in [0.05, 0.1) is 23.1 Å². The Labute approximate surface area is 207 Å². The quantitative estimate of drug-likeness (QED) is 0.486. The van der Waals surface area contributed by atoms with Gasteiger partial charge in [0.2, 0.25) is 5.91 Å². The van der Waals surface area contributed by atoms with E-state index >= 15 is 0 Å². The minimum Gasteiger partial charge on any atom is -0.349 e. The van der Waals surface area contributed by atoms with E-state index in [4.69, 9.17) is 0 Å². The molecular weight excluding hydrogens is 464 g/mol. The van der Waals surface area contributed by atoms with E-state index in [2.05, 4.69) is 32.7 Å². The highest BCUT2D eigenvalue weighted by Gasteiger charge is 2.26. The van der Waals surface area contributed by atoms with Crippen LogP contribution in [0.1, 0.15) is 50.2 Å². The number of carbonyl (C=O) groups is 3. The Morgan fingerprint density at radius 3 is 2.77 bits per heavy atom. The van der Waals surface area contributed by atoms with Crippen LogP contribution in [0.15, 0.2) is 30.5 Å². The van der Waals surface area contributed by atoms with Crippen LogP contribution in [0, 0.1) is 0 Å². The number of benzene rings is 1. The van der Waals surface area contributed by atoms with E-state index in [-0.39, 0.29) is 30.3 Å². The largest absolute Gasteiger partial charge is 0.349 e. The highest BCUT2D eigenvalue weighted by molar-refractivity contribution is 7.14. The van der Waals surface area contributed by atoms with E-state index in [1.54, 1.807) is 29.3 Å². The Kier molecular flexibility index (Phi) is 6.83. The minimum atomic E-state index is -0.293. The van der Waals surface area contributed by atoms with E-state index in [0.29, 0.717) is 23.5 Å². The van der Waals surface area contributed by atoms with Crippen molar-refractivity contribution in [2.24, 2.45) is 0 Å². The van der Waals surface area contributed by atoms with Crippen LogP contribution >= 0.6 is 11.3 Å². The van der Waals surface area contributed by atoms with Crippen molar-refractivity contribution in [1.29, 1.82) is 0 Å². The van der Waals surface area contributed by atoms with Crippen molar-refractivity contribution in [1.82, 2.24) is 30.6 Å². The van der Waals surface area contributed by atoms with Crippen LogP contribution in [-0.2, 0) is 17.8 Å². The minimum absolute atomic E-state index is 0.0147. The van der Waals surface area contributed by atoms with Crippen LogP contribution < -0.4 is 10.6 Å². The molecule has 5 rings (SSSR count). The molecule has 0 unspecified atom stereocenters. The van der Waals surface area contributed by atoms with Gasteiger partial charge in [0.1, 0.15) is 0 Å². The molecule has 0 saturated carbocycles. The number of piperidine rings is 1. The molecule has 1 fully saturated rings. The second-order valence-corrected chi connectivity index (χ2v) is 10.3. The lowest BCUT2D eigenvalue weighted by molar-refractivity contribution is -0.131. The summed E-state index contributed by atoms with van der Waals surface area (Å²) in [5.74, 6) is -0.439. The van der Waals surface area contributed by atoms with E-state index < -0.39 is 0 Å². The number of likely N-dealkylation sites (tertiary alicyclic amines) is 1. The maximum absolute atomic E-state index is 12.8. The SMILES string of the molecule is CCN1CCC(NC(=O)c2cc3c(s2)CCN(C(=O)CNC(=O)c2ccc4[nH]ncc4c2)C3)CC1. The molecule has 35 heavy (non-hydrogen) atoms. The number of hydrogen-bond donors (Lipinski definition) is 3. The number of hydrogen-bond acceptors (Lipinski definition) is 6. The molecule has 0 spiro atoms. The molecule has 3 aromatic rings. The average Bonchev–Trinajstić information content (AvgIpc) is 3.53. The average molecular weight is 495 g/mol. The van der Waals surface area contributed by atoms with Crippen molar-refractivity contribution in [3.63, 3.8) is 0 Å². The number of amides is 3. The third-order valence-corrected chi connectivity index (χ3v) is 8.15. The molecule has 3 amide bonds. The van der Waals surface area contributed by atoms with Crippen molar-refractivity contribution in [3.05, 3.63) is 51.3 Å². The van der Waals surface area contributed by atoms with Gasteiger partial charge in [-0.2, -0.15) is 5.10 Å². The molecule has 2 aromatic heterocycles. The number of nitrogens with one attached hydrogen (secondary N) is 3. The molecular formula is C25H30N6O3S. The van der Waals surface area contributed by atoms with E-state index in [1.165, 1.54) is 11.3 Å². The lowest BCUT2D eigenvalue weighted by Crippen LogP contribution is -2.44. The van der Waals surface area contributed by atoms with Crippen molar-refractivity contribution in [2.75, 3.05) is 32.7 Å². The lowest BCUT2D eigenvalue weighted by Gasteiger charge is -2.31. The van der Waals surface area contributed by atoms with Gasteiger partial charge in [-0.05, 0) is 55.6 Å². The first-order valence-electron chi connectivity index (χ1n) is 12.1. The Balaban J connectivity index is 1.14. The molecule has 10 heteroatoms. The molecule has 0 atom stereocenters. The van der Waals surface area contributed by atoms with Crippen LogP contribution in [0.2, 0.25) is 0 Å². The summed E-state index contributed by atoms with van der Waals surface area (Å²) in [6.45, 7) is 6.24. The van der Waals surface area contributed by atoms with Gasteiger partial charge < -0.3 is 20.4 Å². The first-order valence-corrected chi connectivity index (χ1v) is 13.0. The predicted octanol–water partition coefficient (Wildman–Crippen LogP) is 2.15. The standard InChI is InChI=1S/C25H30N6O3S/c1-2-30-8-5-19(6-9-30)28-25(34)22-12-18-15-31(10-7-21(18)35-22)23(32)14-26-24(33)16-3-4-20-17(11-16)13-27-29-20/h3-4,11-13,19H,2,5-10,14-15H2,1H3,(H,26,33)(H,27,29)(H,28,34). The number of aromatic amines is 1. The van der Waals surface area contributed by atoms with Gasteiger partial charge >= 0.3 is 0 Å². The maximum atomic E-state index is 12.8. The normalized spacial score (nSPS) is 16.8. The van der Waals surface area contributed by atoms with Crippen LogP contribution in [0.25, 0.3) is 10.9 Å². The smallest absolute Gasteiger partial charge is 0.261 e. The first-order chi connectivity index (χ1) is 17.0. The zero-order chi connectivity index (χ0) is 24.4. The fourth-order valence-electron chi connectivity index (χ4n) is 4.76. The van der Waals surface area contributed by atoms with Crippen LogP contribution in [-0.4, -0.2) is 76.5 Å². The molecule has 0 aliphatic carbocycles. The third kappa shape index (κ3) is 5.23. The molecule has 4 heterocycles. The molecule has 0 bridgehead atoms. The van der Waals surface area contributed by atoms with Crippen LogP contribution in [0.3, 0.4) is 0 Å². The van der Waals surface area contributed by atoms with Crippen LogP contribution in [0.4, 0.5) is 0 Å². The Morgan fingerprint density at radius 2 is 1.97 bits per heavy atom. The molecule has 2 aliphatic rings. The summed E-state index contributed by atoms with van der Waals surface area (Å²) in [6, 6.07) is 7.40. The zero-order valence-electron chi connectivity index (χ0n) is 19.8. The monoisotopic (exact) mass is 494 g/mol. The summed E-state index contributed by atoms with van der Waals surface area (Å²) in [6.07, 6.45) is 4.34. The van der Waals surface area contributed by atoms with Gasteiger partial charge in [-0.15, -0.1) is 11.3 Å². The number of aromatic nitrogens is 2. The van der Waals surface area contributed by atoms with Gasteiger partial charge in [0, 0.05) is 48.0 Å². The second kappa shape index (κ2) is 10.2. The van der Waals surface area contributed by atoms with Crippen LogP contribution in [0.5, 0.6) is 0 Å². The molecule has 3 N–H and O–H groups in total. The zero-order valence-corrected chi connectivity index (χ0v) is 20.6. The summed E-state index contributed by atoms with van der Waals surface area (Å²) in [7, 11) is 0. The Bertz CT molecular complexity index is 1240. The second-order valence-electron chi connectivity index (χ2n) is 9.16. The number of fused-ring (bicyclic) bond motifs is 2. The number of carbonyl (C=O) groups excluding carboxylic acids is 3. The molecule has 2 aliphatic heterocycles.